The molecule has 0 nitrogen and oxygen atoms in total. The van der Waals surface area contributed by atoms with Gasteiger partial charge in [0.1, 0.15) is 0 Å². The Morgan fingerprint density at radius 3 is 2.90 bits per heavy atom. The van der Waals surface area contributed by atoms with Gasteiger partial charge in [0, 0.05) is 4.75 Å². The Labute approximate surface area is 67.8 Å². The van der Waals surface area contributed by atoms with Gasteiger partial charge < -0.3 is 0 Å². The first-order valence-corrected chi connectivity index (χ1v) is 5.47. The quantitative estimate of drug-likeness (QED) is 0.562. The second-order valence-corrected chi connectivity index (χ2v) is 5.36. The first-order valence-electron chi connectivity index (χ1n) is 4.49. The SMILES string of the molecule is CCC1CCSC2(CC2)C1. The normalized spacial score (nSPS) is 36.3. The van der Waals surface area contributed by atoms with Gasteiger partial charge in [-0.15, -0.1) is 0 Å². The van der Waals surface area contributed by atoms with Gasteiger partial charge in [-0.2, -0.15) is 11.8 Å². The maximum atomic E-state index is 2.34. The Balaban J connectivity index is 1.91. The molecule has 1 aliphatic heterocycles. The van der Waals surface area contributed by atoms with Gasteiger partial charge in [-0.1, -0.05) is 13.3 Å². The zero-order valence-electron chi connectivity index (χ0n) is 6.73. The molecular formula is C9H16S. The molecule has 58 valence electrons. The summed E-state index contributed by atoms with van der Waals surface area (Å²) in [5.74, 6) is 2.52. The molecule has 1 aliphatic carbocycles. The van der Waals surface area contributed by atoms with Crippen LogP contribution in [0, 0.1) is 5.92 Å². The average Bonchev–Trinajstić information content (AvgIpc) is 2.70. The van der Waals surface area contributed by atoms with E-state index in [1.165, 1.54) is 37.9 Å². The third kappa shape index (κ3) is 1.20. The second kappa shape index (κ2) is 2.44. The fraction of sp³-hybridized carbons (Fsp3) is 1.00. The molecule has 2 aliphatic rings. The Morgan fingerprint density at radius 1 is 1.50 bits per heavy atom. The summed E-state index contributed by atoms with van der Waals surface area (Å²) in [7, 11) is 0. The van der Waals surface area contributed by atoms with Crippen molar-refractivity contribution in [3.63, 3.8) is 0 Å². The minimum atomic E-state index is 0.818. The zero-order chi connectivity index (χ0) is 7.03. The molecule has 2 rings (SSSR count). The van der Waals surface area contributed by atoms with Crippen molar-refractivity contribution in [2.75, 3.05) is 5.75 Å². The molecule has 1 spiro atoms. The molecule has 0 N–H and O–H groups in total. The largest absolute Gasteiger partial charge is 0.155 e. The molecule has 1 heterocycles. The molecule has 10 heavy (non-hydrogen) atoms. The minimum absolute atomic E-state index is 0.818. The lowest BCUT2D eigenvalue weighted by Crippen LogP contribution is -2.18. The highest BCUT2D eigenvalue weighted by Gasteiger charge is 2.46. The number of hydrogen-bond acceptors (Lipinski definition) is 1. The van der Waals surface area contributed by atoms with Gasteiger partial charge >= 0.3 is 0 Å². The van der Waals surface area contributed by atoms with E-state index in [1.54, 1.807) is 0 Å². The van der Waals surface area contributed by atoms with E-state index in [1.807, 2.05) is 0 Å². The van der Waals surface area contributed by atoms with E-state index < -0.39 is 0 Å². The summed E-state index contributed by atoms with van der Waals surface area (Å²) in [5, 5.41) is 0. The molecule has 0 aromatic heterocycles. The molecule has 0 aromatic carbocycles. The highest BCUT2D eigenvalue weighted by atomic mass is 32.2. The molecule has 0 bridgehead atoms. The fourth-order valence-electron chi connectivity index (χ4n) is 1.97. The van der Waals surface area contributed by atoms with Gasteiger partial charge in [-0.3, -0.25) is 0 Å². The average molecular weight is 156 g/mol. The second-order valence-electron chi connectivity index (χ2n) is 3.80. The third-order valence-electron chi connectivity index (χ3n) is 2.98. The summed E-state index contributed by atoms with van der Waals surface area (Å²) in [6.07, 6.45) is 7.49. The van der Waals surface area contributed by atoms with E-state index >= 15 is 0 Å². The molecule has 0 aromatic rings. The van der Waals surface area contributed by atoms with Crippen LogP contribution in [-0.2, 0) is 0 Å². The van der Waals surface area contributed by atoms with Crippen molar-refractivity contribution in [2.45, 2.75) is 43.8 Å². The Morgan fingerprint density at radius 2 is 2.30 bits per heavy atom. The van der Waals surface area contributed by atoms with Crippen molar-refractivity contribution in [1.82, 2.24) is 0 Å². The standard InChI is InChI=1S/C9H16S/c1-2-8-3-6-10-9(7-8)4-5-9/h8H,2-7H2,1H3. The van der Waals surface area contributed by atoms with Crippen LogP contribution in [0.15, 0.2) is 0 Å². The molecule has 1 saturated heterocycles. The molecule has 1 saturated carbocycles. The predicted octanol–water partition coefficient (Wildman–Crippen LogP) is 3.07. The van der Waals surface area contributed by atoms with E-state index in [4.69, 9.17) is 0 Å². The van der Waals surface area contributed by atoms with E-state index in [0.29, 0.717) is 0 Å². The fourth-order valence-corrected chi connectivity index (χ4v) is 3.59. The van der Waals surface area contributed by atoms with Crippen molar-refractivity contribution in [3.05, 3.63) is 0 Å². The lowest BCUT2D eigenvalue weighted by Gasteiger charge is -2.27. The Hall–Kier alpha value is 0.350. The van der Waals surface area contributed by atoms with E-state index in [2.05, 4.69) is 18.7 Å². The molecule has 0 radical (unpaired) electrons. The molecule has 1 heteroatoms. The monoisotopic (exact) mass is 156 g/mol. The summed E-state index contributed by atoms with van der Waals surface area (Å²) in [5.41, 5.74) is 0. The van der Waals surface area contributed by atoms with Gasteiger partial charge in [-0.25, -0.2) is 0 Å². The van der Waals surface area contributed by atoms with Crippen LogP contribution in [0.1, 0.15) is 39.0 Å². The van der Waals surface area contributed by atoms with Gasteiger partial charge in [0.05, 0.1) is 0 Å². The van der Waals surface area contributed by atoms with Crippen molar-refractivity contribution < 1.29 is 0 Å². The molecular weight excluding hydrogens is 140 g/mol. The lowest BCUT2D eigenvalue weighted by molar-refractivity contribution is 0.433. The summed E-state index contributed by atoms with van der Waals surface area (Å²) < 4.78 is 0.818. The van der Waals surface area contributed by atoms with Crippen LogP contribution in [0.4, 0.5) is 0 Å². The zero-order valence-corrected chi connectivity index (χ0v) is 7.54. The van der Waals surface area contributed by atoms with Crippen LogP contribution in [0.25, 0.3) is 0 Å². The van der Waals surface area contributed by atoms with Crippen LogP contribution in [0.5, 0.6) is 0 Å². The van der Waals surface area contributed by atoms with Crippen molar-refractivity contribution in [2.24, 2.45) is 5.92 Å². The number of thioether (sulfide) groups is 1. The minimum Gasteiger partial charge on any atom is -0.155 e. The maximum Gasteiger partial charge on any atom is 0.0163 e. The molecule has 0 amide bonds. The van der Waals surface area contributed by atoms with Crippen LogP contribution in [-0.4, -0.2) is 10.5 Å². The van der Waals surface area contributed by atoms with Gasteiger partial charge in [0.15, 0.2) is 0 Å². The smallest absolute Gasteiger partial charge is 0.0163 e. The predicted molar refractivity (Wildman–Crippen MR) is 47.4 cm³/mol. The van der Waals surface area contributed by atoms with Gasteiger partial charge in [-0.05, 0) is 37.4 Å². The van der Waals surface area contributed by atoms with Crippen LogP contribution in [0.3, 0.4) is 0 Å². The number of rotatable bonds is 1. The Bertz CT molecular complexity index is 127. The van der Waals surface area contributed by atoms with Crippen molar-refractivity contribution >= 4 is 11.8 Å². The maximum absolute atomic E-state index is 2.34. The van der Waals surface area contributed by atoms with E-state index in [0.717, 1.165) is 10.7 Å². The highest BCUT2D eigenvalue weighted by molar-refractivity contribution is 8.01. The lowest BCUT2D eigenvalue weighted by atomic mass is 9.96. The van der Waals surface area contributed by atoms with Gasteiger partial charge in [0.25, 0.3) is 0 Å². The number of hydrogen-bond donors (Lipinski definition) is 0. The van der Waals surface area contributed by atoms with E-state index in [9.17, 15) is 0 Å². The summed E-state index contributed by atoms with van der Waals surface area (Å²) in [4.78, 5) is 0. The van der Waals surface area contributed by atoms with Crippen LogP contribution < -0.4 is 0 Å². The van der Waals surface area contributed by atoms with Crippen molar-refractivity contribution in [1.29, 1.82) is 0 Å². The molecule has 1 unspecified atom stereocenters. The Kier molecular flexibility index (Phi) is 1.71. The molecule has 2 fully saturated rings. The third-order valence-corrected chi connectivity index (χ3v) is 4.61. The first-order chi connectivity index (χ1) is 4.85. The van der Waals surface area contributed by atoms with Crippen LogP contribution in [0.2, 0.25) is 0 Å². The van der Waals surface area contributed by atoms with Crippen molar-refractivity contribution in [3.8, 4) is 0 Å². The van der Waals surface area contributed by atoms with Gasteiger partial charge in [0.2, 0.25) is 0 Å². The molecule has 1 atom stereocenters. The highest BCUT2D eigenvalue weighted by Crippen LogP contribution is 2.56. The first kappa shape index (κ1) is 7.02. The summed E-state index contributed by atoms with van der Waals surface area (Å²) >= 11 is 2.25. The summed E-state index contributed by atoms with van der Waals surface area (Å²) in [6, 6.07) is 0. The summed E-state index contributed by atoms with van der Waals surface area (Å²) in [6.45, 7) is 2.34. The van der Waals surface area contributed by atoms with E-state index in [-0.39, 0.29) is 0 Å². The van der Waals surface area contributed by atoms with Crippen LogP contribution >= 0.6 is 11.8 Å². The topological polar surface area (TPSA) is 0 Å².